The van der Waals surface area contributed by atoms with E-state index in [1.54, 1.807) is 0 Å². The molecule has 1 N–H and O–H groups in total. The van der Waals surface area contributed by atoms with E-state index in [1.807, 2.05) is 18.2 Å². The van der Waals surface area contributed by atoms with Crippen molar-refractivity contribution in [3.63, 3.8) is 0 Å². The first-order valence-electron chi connectivity index (χ1n) is 5.76. The van der Waals surface area contributed by atoms with E-state index in [1.165, 1.54) is 11.1 Å². The predicted octanol–water partition coefficient (Wildman–Crippen LogP) is 2.43. The number of hydrogen-bond donors (Lipinski definition) is 1. The van der Waals surface area contributed by atoms with E-state index in [0.717, 1.165) is 37.9 Å². The zero-order valence-electron chi connectivity index (χ0n) is 9.37. The second kappa shape index (κ2) is 5.48. The molecule has 0 atom stereocenters. The number of hydrogen-bond acceptors (Lipinski definition) is 2. The Morgan fingerprint density at radius 2 is 1.88 bits per heavy atom. The fraction of sp³-hybridized carbons (Fsp3) is 0.357. The molecule has 82 valence electrons. The molecule has 2 heteroatoms. The third-order valence-electron chi connectivity index (χ3n) is 2.99. The molecule has 2 rings (SSSR count). The summed E-state index contributed by atoms with van der Waals surface area (Å²) in [5, 5.41) is 12.5. The first-order chi connectivity index (χ1) is 7.90. The van der Waals surface area contributed by atoms with Gasteiger partial charge in [0, 0.05) is 12.0 Å². The Labute approximate surface area is 96.6 Å². The summed E-state index contributed by atoms with van der Waals surface area (Å²) in [5.41, 5.74) is 3.53. The van der Waals surface area contributed by atoms with Crippen molar-refractivity contribution in [2.24, 2.45) is 0 Å². The average molecular weight is 212 g/mol. The van der Waals surface area contributed by atoms with Crippen molar-refractivity contribution in [3.8, 4) is 6.07 Å². The van der Waals surface area contributed by atoms with E-state index < -0.39 is 0 Å². The number of nitrogens with zero attached hydrogens (tertiary/aromatic N) is 1. The zero-order chi connectivity index (χ0) is 11.2. The Bertz CT molecular complexity index is 404. The Hall–Kier alpha value is -1.59. The maximum Gasteiger partial charge on any atom is 0.0950 e. The number of nitriles is 1. The predicted molar refractivity (Wildman–Crippen MR) is 64.9 cm³/mol. The van der Waals surface area contributed by atoms with Crippen LogP contribution in [0.4, 0.5) is 0 Å². The molecule has 1 fully saturated rings. The van der Waals surface area contributed by atoms with Gasteiger partial charge in [0.1, 0.15) is 0 Å². The number of nitrogens with one attached hydrogen (secondary N) is 1. The van der Waals surface area contributed by atoms with E-state index in [2.05, 4.69) is 23.5 Å². The van der Waals surface area contributed by atoms with Gasteiger partial charge in [-0.2, -0.15) is 5.26 Å². The first kappa shape index (κ1) is 10.9. The van der Waals surface area contributed by atoms with Crippen molar-refractivity contribution in [1.29, 1.82) is 5.26 Å². The highest BCUT2D eigenvalue weighted by Crippen LogP contribution is 2.18. The van der Waals surface area contributed by atoms with Crippen LogP contribution in [0.2, 0.25) is 0 Å². The molecule has 16 heavy (non-hydrogen) atoms. The van der Waals surface area contributed by atoms with Crippen LogP contribution in [0.15, 0.2) is 41.5 Å². The molecule has 0 amide bonds. The van der Waals surface area contributed by atoms with Gasteiger partial charge in [0.05, 0.1) is 6.07 Å². The van der Waals surface area contributed by atoms with E-state index >= 15 is 0 Å². The summed E-state index contributed by atoms with van der Waals surface area (Å²) in [6, 6.07) is 12.6. The van der Waals surface area contributed by atoms with Gasteiger partial charge in [-0.3, -0.25) is 0 Å². The summed E-state index contributed by atoms with van der Waals surface area (Å²) < 4.78 is 0. The highest BCUT2D eigenvalue weighted by molar-refractivity contribution is 5.34. The molecule has 1 aromatic rings. The monoisotopic (exact) mass is 212 g/mol. The van der Waals surface area contributed by atoms with Crippen LogP contribution in [0.1, 0.15) is 18.4 Å². The molecular weight excluding hydrogens is 196 g/mol. The lowest BCUT2D eigenvalue weighted by Gasteiger charge is -2.17. The Kier molecular flexibility index (Phi) is 3.74. The smallest absolute Gasteiger partial charge is 0.0950 e. The van der Waals surface area contributed by atoms with Gasteiger partial charge in [-0.15, -0.1) is 0 Å². The van der Waals surface area contributed by atoms with E-state index in [-0.39, 0.29) is 0 Å². The van der Waals surface area contributed by atoms with Gasteiger partial charge >= 0.3 is 0 Å². The molecule has 1 saturated heterocycles. The minimum absolute atomic E-state index is 0.784. The van der Waals surface area contributed by atoms with E-state index in [4.69, 9.17) is 0 Å². The highest BCUT2D eigenvalue weighted by atomic mass is 14.9. The molecule has 1 aliphatic heterocycles. The van der Waals surface area contributed by atoms with Gasteiger partial charge in [0.15, 0.2) is 0 Å². The van der Waals surface area contributed by atoms with Crippen LogP contribution in [0, 0.1) is 11.3 Å². The molecule has 0 aliphatic carbocycles. The lowest BCUT2D eigenvalue weighted by molar-refractivity contribution is 0.605. The Morgan fingerprint density at radius 3 is 2.50 bits per heavy atom. The number of rotatable bonds is 2. The second-order valence-corrected chi connectivity index (χ2v) is 4.11. The summed E-state index contributed by atoms with van der Waals surface area (Å²) >= 11 is 0. The van der Waals surface area contributed by atoms with Crippen molar-refractivity contribution in [3.05, 3.63) is 47.0 Å². The van der Waals surface area contributed by atoms with Gasteiger partial charge in [-0.05, 0) is 31.5 Å². The molecule has 1 aliphatic rings. The summed E-state index contributed by atoms with van der Waals surface area (Å²) in [6.45, 7) is 2.02. The molecule has 0 spiro atoms. The lowest BCUT2D eigenvalue weighted by atomic mass is 9.95. The normalized spacial score (nSPS) is 15.6. The molecule has 0 radical (unpaired) electrons. The lowest BCUT2D eigenvalue weighted by Crippen LogP contribution is -2.24. The molecule has 1 aromatic carbocycles. The van der Waals surface area contributed by atoms with Crippen LogP contribution in [0.3, 0.4) is 0 Å². The molecule has 0 aromatic heterocycles. The minimum atomic E-state index is 0.784. The Balaban J connectivity index is 2.14. The third-order valence-corrected chi connectivity index (χ3v) is 2.99. The topological polar surface area (TPSA) is 35.8 Å². The van der Waals surface area contributed by atoms with Gasteiger partial charge in [-0.1, -0.05) is 35.9 Å². The van der Waals surface area contributed by atoms with Crippen LogP contribution in [0.25, 0.3) is 0 Å². The summed E-state index contributed by atoms with van der Waals surface area (Å²) in [5.74, 6) is 0. The second-order valence-electron chi connectivity index (χ2n) is 4.11. The molecule has 2 nitrogen and oxygen atoms in total. The molecule has 1 heterocycles. The van der Waals surface area contributed by atoms with Crippen molar-refractivity contribution in [2.45, 2.75) is 19.3 Å². The minimum Gasteiger partial charge on any atom is -0.316 e. The SMILES string of the molecule is N#CC(Cc1ccccc1)=C1CCNCC1. The number of allylic oxidation sites excluding steroid dienone is 1. The quantitative estimate of drug-likeness (QED) is 0.764. The van der Waals surface area contributed by atoms with Gasteiger partial charge in [-0.25, -0.2) is 0 Å². The van der Waals surface area contributed by atoms with Gasteiger partial charge in [0.25, 0.3) is 0 Å². The molecule has 0 saturated carbocycles. The maximum absolute atomic E-state index is 9.21. The summed E-state index contributed by atoms with van der Waals surface area (Å²) in [4.78, 5) is 0. The van der Waals surface area contributed by atoms with Crippen LogP contribution in [-0.2, 0) is 6.42 Å². The van der Waals surface area contributed by atoms with Gasteiger partial charge < -0.3 is 5.32 Å². The average Bonchev–Trinajstić information content (AvgIpc) is 2.38. The zero-order valence-corrected chi connectivity index (χ0v) is 9.37. The van der Waals surface area contributed by atoms with Crippen LogP contribution in [-0.4, -0.2) is 13.1 Å². The maximum atomic E-state index is 9.21. The molecular formula is C14H16N2. The largest absolute Gasteiger partial charge is 0.316 e. The van der Waals surface area contributed by atoms with Crippen molar-refractivity contribution >= 4 is 0 Å². The van der Waals surface area contributed by atoms with Crippen LogP contribution >= 0.6 is 0 Å². The Morgan fingerprint density at radius 1 is 1.19 bits per heavy atom. The number of benzene rings is 1. The van der Waals surface area contributed by atoms with Crippen molar-refractivity contribution < 1.29 is 0 Å². The molecule has 0 unspecified atom stereocenters. The van der Waals surface area contributed by atoms with Crippen LogP contribution in [0.5, 0.6) is 0 Å². The van der Waals surface area contributed by atoms with Crippen LogP contribution < -0.4 is 5.32 Å². The van der Waals surface area contributed by atoms with Crippen molar-refractivity contribution in [2.75, 3.05) is 13.1 Å². The number of piperidine rings is 1. The fourth-order valence-electron chi connectivity index (χ4n) is 2.07. The van der Waals surface area contributed by atoms with Gasteiger partial charge in [0.2, 0.25) is 0 Å². The van der Waals surface area contributed by atoms with E-state index in [9.17, 15) is 5.26 Å². The van der Waals surface area contributed by atoms with E-state index in [0.29, 0.717) is 0 Å². The third kappa shape index (κ3) is 2.71. The highest BCUT2D eigenvalue weighted by Gasteiger charge is 2.10. The van der Waals surface area contributed by atoms with Crippen molar-refractivity contribution in [1.82, 2.24) is 5.32 Å². The summed E-state index contributed by atoms with van der Waals surface area (Å²) in [6.07, 6.45) is 2.83. The standard InChI is InChI=1S/C14H16N2/c15-11-14(13-6-8-16-9-7-13)10-12-4-2-1-3-5-12/h1-5,16H,6-10H2. The fourth-order valence-corrected chi connectivity index (χ4v) is 2.07. The summed E-state index contributed by atoms with van der Waals surface area (Å²) in [7, 11) is 0. The first-order valence-corrected chi connectivity index (χ1v) is 5.76. The molecule has 0 bridgehead atoms.